The van der Waals surface area contributed by atoms with Gasteiger partial charge in [0, 0.05) is 73.0 Å². The minimum absolute atomic E-state index is 0.0850. The van der Waals surface area contributed by atoms with E-state index in [4.69, 9.17) is 30.2 Å². The quantitative estimate of drug-likeness (QED) is 0.0803. The first-order valence-electron chi connectivity index (χ1n) is 21.7. The molecule has 5 atom stereocenters. The average molecular weight is 852 g/mol. The van der Waals surface area contributed by atoms with Crippen LogP contribution in [0.15, 0.2) is 41.5 Å². The zero-order chi connectivity index (χ0) is 43.1. The second-order valence-corrected chi connectivity index (χ2v) is 19.8. The number of likely N-dealkylation sites (N-methyl/N-ethyl adjacent to an activating group) is 1. The maximum Gasteiger partial charge on any atom is 0.355 e. The van der Waals surface area contributed by atoms with Gasteiger partial charge in [-0.05, 0) is 126 Å². The number of aromatic carboxylic acids is 1. The molecular weight excluding hydrogens is 791 g/mol. The Kier molecular flexibility index (Phi) is 12.1. The summed E-state index contributed by atoms with van der Waals surface area (Å²) in [6, 6.07) is 9.46. The molecule has 14 nitrogen and oxygen atoms in total. The molecule has 0 spiro atoms. The molecule has 1 aliphatic heterocycles. The number of aromatic nitrogens is 4. The number of nitrogens with zero attached hydrogens (tertiary/aromatic N) is 7. The number of thiazole rings is 1. The van der Waals surface area contributed by atoms with Crippen molar-refractivity contribution >= 4 is 61.4 Å². The SMILES string of the molecule is COc1ccc2sc(Nc3nnc4c(c3C)CCCN4c3ccc(C(=CN)C(C)=NCC4CC5(C)CC6(C)CC4CC(OCCN(C)CCCO)(C5)C6)c(C(=O)O)n3)nc2c1. The van der Waals surface area contributed by atoms with Crippen LogP contribution in [-0.2, 0) is 11.2 Å². The molecule has 5 unspecified atom stereocenters. The summed E-state index contributed by atoms with van der Waals surface area (Å²) >= 11 is 1.53. The van der Waals surface area contributed by atoms with E-state index in [0.29, 0.717) is 71.0 Å². The minimum atomic E-state index is -1.14. The molecule has 4 fully saturated rings. The molecule has 4 bridgehead atoms. The summed E-state index contributed by atoms with van der Waals surface area (Å²) in [6.07, 6.45) is 10.6. The summed E-state index contributed by atoms with van der Waals surface area (Å²) in [5.41, 5.74) is 11.0. The van der Waals surface area contributed by atoms with Crippen LogP contribution in [0.4, 0.5) is 22.6 Å². The fourth-order valence-corrected chi connectivity index (χ4v) is 12.4. The van der Waals surface area contributed by atoms with Gasteiger partial charge in [-0.3, -0.25) is 4.99 Å². The molecule has 326 valence electrons. The maximum absolute atomic E-state index is 12.9. The fraction of sp³-hybridized carbons (Fsp3) is 0.565. The summed E-state index contributed by atoms with van der Waals surface area (Å²) in [4.78, 5) is 31.8. The highest BCUT2D eigenvalue weighted by Crippen LogP contribution is 2.66. The van der Waals surface area contributed by atoms with Gasteiger partial charge in [-0.25, -0.2) is 14.8 Å². The number of rotatable bonds is 16. The molecule has 1 aromatic carbocycles. The van der Waals surface area contributed by atoms with E-state index < -0.39 is 5.97 Å². The van der Waals surface area contributed by atoms with E-state index in [1.165, 1.54) is 30.4 Å². The zero-order valence-corrected chi connectivity index (χ0v) is 37.3. The van der Waals surface area contributed by atoms with Crippen LogP contribution >= 0.6 is 11.3 Å². The smallest absolute Gasteiger partial charge is 0.355 e. The molecule has 15 heteroatoms. The van der Waals surface area contributed by atoms with Crippen LogP contribution in [0, 0.1) is 29.6 Å². The third kappa shape index (κ3) is 8.84. The summed E-state index contributed by atoms with van der Waals surface area (Å²) < 4.78 is 13.3. The van der Waals surface area contributed by atoms with Crippen molar-refractivity contribution in [2.45, 2.75) is 91.1 Å². The van der Waals surface area contributed by atoms with E-state index in [2.05, 4.69) is 41.3 Å². The number of aliphatic hydroxyl groups is 1. The standard InChI is InChI=1S/C46H61N9O5S/c1-28-33-9-7-15-55(41(33)53-52-40(28)51-43-49-36-19-32(59-6)10-12-37(36)61-43)38-13-11-34(39(50-38)42(57)58)35(23-47)29(2)48-24-31-21-45(4)25-44(3)20-30(31)22-46(26-44,27-45)60-18-16-54(5)14-8-17-56/h10-13,19,23,30-31,56H,7-9,14-18,20-22,24-27,47H2,1-6H3,(H,57,58)(H,49,51,52). The van der Waals surface area contributed by atoms with Gasteiger partial charge in [0.05, 0.1) is 29.5 Å². The van der Waals surface area contributed by atoms with Crippen LogP contribution in [-0.4, -0.2) is 106 Å². The van der Waals surface area contributed by atoms with Gasteiger partial charge >= 0.3 is 5.97 Å². The highest BCUT2D eigenvalue weighted by Gasteiger charge is 2.60. The van der Waals surface area contributed by atoms with Crippen LogP contribution in [0.25, 0.3) is 15.8 Å². The molecule has 9 rings (SSSR count). The number of anilines is 4. The Morgan fingerprint density at radius 2 is 1.92 bits per heavy atom. The van der Waals surface area contributed by atoms with Gasteiger partial charge < -0.3 is 40.5 Å². The number of carbonyl (C=O) groups is 1. The molecule has 0 radical (unpaired) electrons. The van der Waals surface area contributed by atoms with Crippen LogP contribution in [0.5, 0.6) is 5.75 Å². The van der Waals surface area contributed by atoms with Crippen LogP contribution in [0.2, 0.25) is 0 Å². The number of nitrogens with two attached hydrogens (primary N) is 1. The van der Waals surface area contributed by atoms with Gasteiger partial charge in [-0.1, -0.05) is 25.2 Å². The number of allylic oxidation sites excluding steroid dienone is 1. The van der Waals surface area contributed by atoms with Crippen molar-refractivity contribution in [2.24, 2.45) is 33.4 Å². The van der Waals surface area contributed by atoms with Crippen LogP contribution < -0.4 is 20.7 Å². The highest BCUT2D eigenvalue weighted by atomic mass is 32.1. The Morgan fingerprint density at radius 1 is 1.11 bits per heavy atom. The Hall–Kier alpha value is -4.70. The molecule has 4 aromatic rings. The molecular formula is C46H61N9O5S. The number of ether oxygens (including phenoxy) is 2. The Labute approximate surface area is 362 Å². The molecule has 0 saturated heterocycles. The van der Waals surface area contributed by atoms with E-state index in [1.54, 1.807) is 13.2 Å². The first-order valence-corrected chi connectivity index (χ1v) is 22.5. The van der Waals surface area contributed by atoms with Gasteiger partial charge in [0.2, 0.25) is 0 Å². The lowest BCUT2D eigenvalue weighted by Gasteiger charge is -2.56. The number of aliphatic imine (C=N–C) groups is 1. The van der Waals surface area contributed by atoms with Crippen molar-refractivity contribution < 1.29 is 24.5 Å². The molecule has 4 aliphatic carbocycles. The Morgan fingerprint density at radius 3 is 2.67 bits per heavy atom. The zero-order valence-electron chi connectivity index (χ0n) is 36.5. The van der Waals surface area contributed by atoms with E-state index in [9.17, 15) is 15.0 Å². The summed E-state index contributed by atoms with van der Waals surface area (Å²) in [7, 11) is 3.74. The van der Waals surface area contributed by atoms with Gasteiger partial charge in [-0.2, -0.15) is 0 Å². The first kappa shape index (κ1) is 43.0. The van der Waals surface area contributed by atoms with Crippen molar-refractivity contribution in [2.75, 3.05) is 63.8 Å². The third-order valence-electron chi connectivity index (χ3n) is 13.7. The van der Waals surface area contributed by atoms with Gasteiger partial charge in [0.15, 0.2) is 22.5 Å². The Bertz CT molecular complexity index is 2350. The second kappa shape index (κ2) is 17.2. The fourth-order valence-electron chi connectivity index (χ4n) is 11.6. The van der Waals surface area contributed by atoms with Crippen LogP contribution in [0.1, 0.15) is 99.3 Å². The van der Waals surface area contributed by atoms with Crippen molar-refractivity contribution in [3.8, 4) is 5.75 Å². The predicted molar refractivity (Wildman–Crippen MR) is 242 cm³/mol. The lowest BCUT2D eigenvalue weighted by Crippen LogP contribution is -2.52. The molecule has 4 saturated carbocycles. The number of nitrogens with one attached hydrogen (secondary N) is 1. The molecule has 5 aliphatic rings. The van der Waals surface area contributed by atoms with E-state index >= 15 is 0 Å². The van der Waals surface area contributed by atoms with Crippen molar-refractivity contribution in [1.82, 2.24) is 25.1 Å². The molecule has 61 heavy (non-hydrogen) atoms. The van der Waals surface area contributed by atoms with Crippen LogP contribution in [0.3, 0.4) is 0 Å². The summed E-state index contributed by atoms with van der Waals surface area (Å²) in [5.74, 6) is 2.28. The Balaban J connectivity index is 0.990. The second-order valence-electron chi connectivity index (χ2n) is 18.8. The average Bonchev–Trinajstić information content (AvgIpc) is 3.57. The largest absolute Gasteiger partial charge is 0.497 e. The van der Waals surface area contributed by atoms with Crippen molar-refractivity contribution in [3.63, 3.8) is 0 Å². The molecule has 4 heterocycles. The number of pyridine rings is 1. The van der Waals surface area contributed by atoms with Gasteiger partial charge in [0.1, 0.15) is 11.6 Å². The van der Waals surface area contributed by atoms with Crippen molar-refractivity contribution in [1.29, 1.82) is 0 Å². The first-order chi connectivity index (χ1) is 29.2. The van der Waals surface area contributed by atoms with Gasteiger partial charge in [-0.15, -0.1) is 10.2 Å². The lowest BCUT2D eigenvalue weighted by molar-refractivity contribution is -0.165. The number of methoxy groups -OCH3 is 1. The maximum atomic E-state index is 12.9. The predicted octanol–water partition coefficient (Wildman–Crippen LogP) is 7.78. The minimum Gasteiger partial charge on any atom is -0.497 e. The van der Waals surface area contributed by atoms with E-state index in [-0.39, 0.29) is 28.7 Å². The van der Waals surface area contributed by atoms with Gasteiger partial charge in [0.25, 0.3) is 0 Å². The summed E-state index contributed by atoms with van der Waals surface area (Å²) in [6.45, 7) is 12.8. The number of benzene rings is 1. The molecule has 3 aromatic heterocycles. The molecule has 0 amide bonds. The lowest BCUT2D eigenvalue weighted by atomic mass is 9.53. The topological polar surface area (TPSA) is 184 Å². The summed E-state index contributed by atoms with van der Waals surface area (Å²) in [5, 5.41) is 33.1. The van der Waals surface area contributed by atoms with Crippen molar-refractivity contribution in [3.05, 3.63) is 58.9 Å². The van der Waals surface area contributed by atoms with E-state index in [1.807, 2.05) is 43.0 Å². The normalized spacial score (nSPS) is 26.2. The number of carboxylic acid groups (broad SMARTS) is 1. The monoisotopic (exact) mass is 851 g/mol. The number of hydrogen-bond donors (Lipinski definition) is 4. The van der Waals surface area contributed by atoms with E-state index in [0.717, 1.165) is 85.1 Å². The highest BCUT2D eigenvalue weighted by molar-refractivity contribution is 7.22. The third-order valence-corrected chi connectivity index (χ3v) is 14.7. The molecule has 5 N–H and O–H groups in total. The number of fused-ring (bicyclic) bond motifs is 3. The number of hydrogen-bond acceptors (Lipinski definition) is 14. The number of aliphatic hydroxyl groups excluding tert-OH is 1. The number of carboxylic acids is 1.